The van der Waals surface area contributed by atoms with Crippen LogP contribution in [0.15, 0.2) is 11.0 Å². The summed E-state index contributed by atoms with van der Waals surface area (Å²) in [6.45, 7) is 12.4. The molecule has 0 bridgehead atoms. The maximum absolute atomic E-state index is 13.3. The number of Topliss-reactive ketones (excluding diaryl/α,β-unsaturated/α-hetero) is 1. The lowest BCUT2D eigenvalue weighted by atomic mass is 9.71. The topological polar surface area (TPSA) is 109 Å². The van der Waals surface area contributed by atoms with Crippen LogP contribution in [0.4, 0.5) is 0 Å². The van der Waals surface area contributed by atoms with Crippen molar-refractivity contribution in [1.82, 2.24) is 4.98 Å². The lowest BCUT2D eigenvalue weighted by molar-refractivity contribution is -0.162. The third kappa shape index (κ3) is 6.59. The Bertz CT molecular complexity index is 940. The van der Waals surface area contributed by atoms with Crippen molar-refractivity contribution >= 4 is 29.2 Å². The molecule has 1 aromatic heterocycles. The minimum atomic E-state index is -1.25. The van der Waals surface area contributed by atoms with Crippen LogP contribution in [0.3, 0.4) is 0 Å². The average molecular weight is 508 g/mol. The van der Waals surface area contributed by atoms with E-state index in [0.717, 1.165) is 35.5 Å². The molecule has 2 saturated heterocycles. The predicted octanol–water partition coefficient (Wildman–Crippen LogP) is 4.33. The van der Waals surface area contributed by atoms with Gasteiger partial charge in [-0.05, 0) is 51.2 Å². The van der Waals surface area contributed by atoms with E-state index < -0.39 is 41.5 Å². The zero-order valence-corrected chi connectivity index (χ0v) is 22.8. The summed E-state index contributed by atoms with van der Waals surface area (Å²) in [5, 5.41) is 24.8. The van der Waals surface area contributed by atoms with E-state index >= 15 is 0 Å². The summed E-state index contributed by atoms with van der Waals surface area (Å²) in [6, 6.07) is 0. The molecule has 2 fully saturated rings. The van der Waals surface area contributed by atoms with E-state index in [4.69, 9.17) is 9.47 Å². The predicted molar refractivity (Wildman–Crippen MR) is 136 cm³/mol. The minimum absolute atomic E-state index is 0.00127. The quantitative estimate of drug-likeness (QED) is 0.453. The van der Waals surface area contributed by atoms with E-state index in [-0.39, 0.29) is 23.9 Å². The second-order valence-corrected chi connectivity index (χ2v) is 12.1. The highest BCUT2D eigenvalue weighted by Gasteiger charge is 2.46. The van der Waals surface area contributed by atoms with Crippen molar-refractivity contribution in [2.75, 3.05) is 0 Å². The molecular weight excluding hydrogens is 466 g/mol. The Morgan fingerprint density at radius 2 is 1.83 bits per heavy atom. The highest BCUT2D eigenvalue weighted by Crippen LogP contribution is 2.37. The van der Waals surface area contributed by atoms with Gasteiger partial charge < -0.3 is 19.7 Å². The summed E-state index contributed by atoms with van der Waals surface area (Å²) in [5.74, 6) is -2.45. The van der Waals surface area contributed by atoms with E-state index in [1.165, 1.54) is 0 Å². The molecule has 0 aliphatic carbocycles. The molecule has 2 aliphatic heterocycles. The van der Waals surface area contributed by atoms with Crippen LogP contribution in [-0.2, 0) is 19.1 Å². The molecule has 0 saturated carbocycles. The summed E-state index contributed by atoms with van der Waals surface area (Å²) in [7, 11) is 0. The van der Waals surface area contributed by atoms with Crippen LogP contribution in [0, 0.1) is 30.1 Å². The fourth-order valence-electron chi connectivity index (χ4n) is 5.14. The van der Waals surface area contributed by atoms with E-state index in [2.05, 4.69) is 4.98 Å². The van der Waals surface area contributed by atoms with Gasteiger partial charge in [-0.15, -0.1) is 11.3 Å². The first-order valence-corrected chi connectivity index (χ1v) is 13.6. The maximum Gasteiger partial charge on any atom is 0.311 e. The molecule has 1 aromatic rings. The van der Waals surface area contributed by atoms with Crippen LogP contribution >= 0.6 is 11.3 Å². The van der Waals surface area contributed by atoms with Gasteiger partial charge in [0, 0.05) is 17.7 Å². The zero-order chi connectivity index (χ0) is 26.1. The van der Waals surface area contributed by atoms with Gasteiger partial charge in [0.2, 0.25) is 0 Å². The van der Waals surface area contributed by atoms with Crippen molar-refractivity contribution < 1.29 is 29.3 Å². The monoisotopic (exact) mass is 507 g/mol. The van der Waals surface area contributed by atoms with Crippen LogP contribution in [-0.4, -0.2) is 57.5 Å². The molecule has 0 radical (unpaired) electrons. The Morgan fingerprint density at radius 1 is 1.14 bits per heavy atom. The number of fused-ring (bicyclic) bond motifs is 1. The van der Waals surface area contributed by atoms with Gasteiger partial charge in [-0.25, -0.2) is 4.98 Å². The van der Waals surface area contributed by atoms with Gasteiger partial charge >= 0.3 is 5.97 Å². The number of aliphatic hydroxyl groups excluding tert-OH is 2. The van der Waals surface area contributed by atoms with E-state index in [0.29, 0.717) is 6.42 Å². The van der Waals surface area contributed by atoms with Crippen LogP contribution in [0.25, 0.3) is 6.08 Å². The summed E-state index contributed by atoms with van der Waals surface area (Å²) in [5.41, 5.74) is 0.461. The fourth-order valence-corrected chi connectivity index (χ4v) is 5.71. The number of thiazole rings is 1. The van der Waals surface area contributed by atoms with E-state index in [9.17, 15) is 19.8 Å². The van der Waals surface area contributed by atoms with E-state index in [1.54, 1.807) is 39.0 Å². The molecule has 0 amide bonds. The van der Waals surface area contributed by atoms with Crippen molar-refractivity contribution in [2.24, 2.45) is 23.2 Å². The number of aryl methyl sites for hydroxylation is 1. The Kier molecular flexibility index (Phi) is 8.95. The first kappa shape index (κ1) is 28.0. The first-order chi connectivity index (χ1) is 16.3. The van der Waals surface area contributed by atoms with Gasteiger partial charge in [-0.2, -0.15) is 0 Å². The molecule has 3 rings (SSSR count). The van der Waals surface area contributed by atoms with Gasteiger partial charge in [0.05, 0.1) is 46.5 Å². The fraction of sp³-hybridized carbons (Fsp3) is 0.741. The second kappa shape index (κ2) is 11.2. The number of carbonyl (C=O) groups excluding carboxylic acids is 2. The van der Waals surface area contributed by atoms with Crippen LogP contribution in [0.5, 0.6) is 0 Å². The molecule has 0 spiro atoms. The number of ketones is 1. The number of aromatic nitrogens is 1. The number of cyclic esters (lactones) is 1. The Balaban J connectivity index is 1.87. The largest absolute Gasteiger partial charge is 0.457 e. The number of epoxide rings is 1. The molecule has 0 aromatic carbocycles. The molecule has 8 heteroatoms. The number of aliphatic hydroxyl groups is 2. The second-order valence-electron chi connectivity index (χ2n) is 11.1. The summed E-state index contributed by atoms with van der Waals surface area (Å²) in [6.07, 6.45) is 2.50. The minimum Gasteiger partial charge on any atom is -0.457 e. The lowest BCUT2D eigenvalue weighted by Crippen LogP contribution is -2.49. The number of esters is 1. The van der Waals surface area contributed by atoms with Crippen LogP contribution in [0.2, 0.25) is 0 Å². The summed E-state index contributed by atoms with van der Waals surface area (Å²) in [4.78, 5) is 31.0. The standard InChI is InChI=1S/C27H41NO6S/c1-14-9-8-10-20-22(33-20)12-21(15(2)11-19-13-35-18(5)28-19)34-26(32)17(4)25(31)27(6,7)24(30)16(3)23(14)29/h11,13-14,16-17,20-23,25,29,31H,8-10,12H2,1-7H3/b15-11+/t14-,16+,17?,20+,21?,22-,23-,25-/m0/s1. The Labute approximate surface area is 212 Å². The van der Waals surface area contributed by atoms with Gasteiger partial charge in [0.25, 0.3) is 0 Å². The molecule has 2 aliphatic rings. The summed E-state index contributed by atoms with van der Waals surface area (Å²) >= 11 is 1.56. The molecule has 35 heavy (non-hydrogen) atoms. The van der Waals surface area contributed by atoms with Gasteiger partial charge in [0.15, 0.2) is 0 Å². The number of rotatable bonds is 2. The molecule has 2 N–H and O–H groups in total. The number of ether oxygens (including phenoxy) is 2. The molecule has 196 valence electrons. The Morgan fingerprint density at radius 3 is 2.46 bits per heavy atom. The van der Waals surface area contributed by atoms with Gasteiger partial charge in [0.1, 0.15) is 11.9 Å². The number of hydrogen-bond acceptors (Lipinski definition) is 8. The SMILES string of the molecule is C/C(=C\c1csc(C)n1)C1C[C@@H]2O[C@@H]2CCC[C@H](C)[C@H](O)[C@@H](C)C(=O)C(C)(C)[C@@H](O)C(C)C(=O)O1. The van der Waals surface area contributed by atoms with Crippen LogP contribution in [0.1, 0.15) is 77.9 Å². The highest BCUT2D eigenvalue weighted by molar-refractivity contribution is 7.09. The molecule has 7 nitrogen and oxygen atoms in total. The zero-order valence-electron chi connectivity index (χ0n) is 22.0. The van der Waals surface area contributed by atoms with Crippen molar-refractivity contribution in [3.63, 3.8) is 0 Å². The van der Waals surface area contributed by atoms with Crippen molar-refractivity contribution in [3.8, 4) is 0 Å². The number of hydrogen-bond donors (Lipinski definition) is 2. The third-order valence-electron chi connectivity index (χ3n) is 7.79. The average Bonchev–Trinajstić information content (AvgIpc) is 3.42. The molecule has 2 unspecified atom stereocenters. The van der Waals surface area contributed by atoms with Crippen molar-refractivity contribution in [2.45, 2.75) is 105 Å². The first-order valence-electron chi connectivity index (χ1n) is 12.7. The van der Waals surface area contributed by atoms with Crippen molar-refractivity contribution in [3.05, 3.63) is 21.7 Å². The maximum atomic E-state index is 13.3. The van der Waals surface area contributed by atoms with Crippen LogP contribution < -0.4 is 0 Å². The normalized spacial score (nSPS) is 37.5. The van der Waals surface area contributed by atoms with Gasteiger partial charge in [-0.1, -0.05) is 34.1 Å². The number of nitrogens with zero attached hydrogens (tertiary/aromatic N) is 1. The van der Waals surface area contributed by atoms with Gasteiger partial charge in [-0.3, -0.25) is 9.59 Å². The van der Waals surface area contributed by atoms with Crippen molar-refractivity contribution in [1.29, 1.82) is 0 Å². The molecule has 8 atom stereocenters. The van der Waals surface area contributed by atoms with E-state index in [1.807, 2.05) is 32.2 Å². The molecule has 3 heterocycles. The molecular formula is C27H41NO6S. The summed E-state index contributed by atoms with van der Waals surface area (Å²) < 4.78 is 11.8. The highest BCUT2D eigenvalue weighted by atomic mass is 32.1. The smallest absolute Gasteiger partial charge is 0.311 e. The Hall–Kier alpha value is -1.61. The number of carbonyl (C=O) groups is 2. The lowest BCUT2D eigenvalue weighted by Gasteiger charge is -2.36. The third-order valence-corrected chi connectivity index (χ3v) is 8.58.